The molecule has 112 valence electrons. The van der Waals surface area contributed by atoms with Crippen LogP contribution >= 0.6 is 0 Å². The maximum atomic E-state index is 11.8. The lowest BCUT2D eigenvalue weighted by Crippen LogP contribution is -2.37. The molecule has 0 aliphatic rings. The van der Waals surface area contributed by atoms with Crippen molar-refractivity contribution in [1.29, 1.82) is 0 Å². The lowest BCUT2D eigenvalue weighted by atomic mass is 10.1. The molecule has 0 spiro atoms. The van der Waals surface area contributed by atoms with Crippen LogP contribution in [0.3, 0.4) is 0 Å². The fourth-order valence-electron chi connectivity index (χ4n) is 1.45. The number of carboxylic acids is 1. The van der Waals surface area contributed by atoms with Gasteiger partial charge in [-0.2, -0.15) is 0 Å². The Morgan fingerprint density at radius 2 is 1.86 bits per heavy atom. The minimum atomic E-state index is -1.06. The summed E-state index contributed by atoms with van der Waals surface area (Å²) in [5.41, 5.74) is -0.512. The summed E-state index contributed by atoms with van der Waals surface area (Å²) in [5.74, 6) is -2.39. The van der Waals surface area contributed by atoms with Gasteiger partial charge in [-0.05, 0) is 6.07 Å². The first kappa shape index (κ1) is 16.1. The van der Waals surface area contributed by atoms with Gasteiger partial charge in [0, 0.05) is 12.6 Å². The van der Waals surface area contributed by atoms with Crippen molar-refractivity contribution in [2.45, 2.75) is 6.42 Å². The van der Waals surface area contributed by atoms with Gasteiger partial charge >= 0.3 is 5.97 Å². The van der Waals surface area contributed by atoms with Crippen molar-refractivity contribution in [2.24, 2.45) is 0 Å². The predicted octanol–water partition coefficient (Wildman–Crippen LogP) is -0.0845. The summed E-state index contributed by atoms with van der Waals surface area (Å²) in [4.78, 5) is 43.4. The number of nitrogens with one attached hydrogen (secondary N) is 2. The Bertz CT molecular complexity index is 572. The number of carbonyl (C=O) groups excluding carboxylic acids is 2. The van der Waals surface area contributed by atoms with Crippen LogP contribution in [0.15, 0.2) is 24.3 Å². The Morgan fingerprint density at radius 1 is 1.19 bits per heavy atom. The van der Waals surface area contributed by atoms with Gasteiger partial charge in [0.1, 0.15) is 5.56 Å². The lowest BCUT2D eigenvalue weighted by Gasteiger charge is -2.06. The number of nitro benzene ring substituents is 1. The van der Waals surface area contributed by atoms with E-state index in [1.165, 1.54) is 24.3 Å². The average Bonchev–Trinajstić information content (AvgIpc) is 2.44. The third-order valence-electron chi connectivity index (χ3n) is 2.42. The summed E-state index contributed by atoms with van der Waals surface area (Å²) in [6, 6.07) is 5.35. The summed E-state index contributed by atoms with van der Waals surface area (Å²) in [7, 11) is 0. The van der Waals surface area contributed by atoms with Crippen LogP contribution in [0.25, 0.3) is 0 Å². The predicted molar refractivity (Wildman–Crippen MR) is 70.7 cm³/mol. The highest BCUT2D eigenvalue weighted by atomic mass is 16.6. The lowest BCUT2D eigenvalue weighted by molar-refractivity contribution is -0.385. The molecule has 0 aliphatic carbocycles. The minimum absolute atomic E-state index is 0.0600. The second-order valence-electron chi connectivity index (χ2n) is 3.95. The quantitative estimate of drug-likeness (QED) is 0.475. The molecule has 21 heavy (non-hydrogen) atoms. The third-order valence-corrected chi connectivity index (χ3v) is 2.42. The highest BCUT2D eigenvalue weighted by Gasteiger charge is 2.19. The molecule has 0 heterocycles. The second-order valence-corrected chi connectivity index (χ2v) is 3.95. The van der Waals surface area contributed by atoms with E-state index >= 15 is 0 Å². The van der Waals surface area contributed by atoms with Crippen molar-refractivity contribution < 1.29 is 24.4 Å². The van der Waals surface area contributed by atoms with E-state index in [0.717, 1.165) is 0 Å². The molecule has 0 aromatic heterocycles. The number of benzene rings is 1. The van der Waals surface area contributed by atoms with Gasteiger partial charge in [-0.3, -0.25) is 24.5 Å². The average molecular weight is 295 g/mol. The Hall–Kier alpha value is -2.97. The molecule has 9 nitrogen and oxygen atoms in total. The summed E-state index contributed by atoms with van der Waals surface area (Å²) < 4.78 is 0. The number of hydrogen-bond donors (Lipinski definition) is 3. The van der Waals surface area contributed by atoms with Crippen LogP contribution in [0.5, 0.6) is 0 Å². The summed E-state index contributed by atoms with van der Waals surface area (Å²) in [5, 5.41) is 23.7. The fraction of sp³-hybridized carbons (Fsp3) is 0.250. The van der Waals surface area contributed by atoms with E-state index in [9.17, 15) is 24.5 Å². The zero-order chi connectivity index (χ0) is 15.8. The van der Waals surface area contributed by atoms with Crippen molar-refractivity contribution in [3.63, 3.8) is 0 Å². The Labute approximate surface area is 119 Å². The zero-order valence-electron chi connectivity index (χ0n) is 10.9. The van der Waals surface area contributed by atoms with Crippen LogP contribution < -0.4 is 10.6 Å². The van der Waals surface area contributed by atoms with Crippen LogP contribution in [-0.4, -0.2) is 40.9 Å². The van der Waals surface area contributed by atoms with Crippen molar-refractivity contribution >= 4 is 23.5 Å². The Balaban J connectivity index is 2.53. The molecule has 0 saturated carbocycles. The van der Waals surface area contributed by atoms with E-state index < -0.39 is 29.3 Å². The molecule has 0 saturated heterocycles. The van der Waals surface area contributed by atoms with E-state index in [4.69, 9.17) is 5.11 Å². The number of carbonyl (C=O) groups is 3. The van der Waals surface area contributed by atoms with Gasteiger partial charge in [-0.1, -0.05) is 12.1 Å². The normalized spacial score (nSPS) is 9.71. The van der Waals surface area contributed by atoms with Crippen LogP contribution in [0.2, 0.25) is 0 Å². The number of carboxylic acid groups (broad SMARTS) is 1. The molecule has 0 unspecified atom stereocenters. The molecule has 1 rings (SSSR count). The number of nitrogens with zero attached hydrogens (tertiary/aromatic N) is 1. The van der Waals surface area contributed by atoms with Gasteiger partial charge in [-0.25, -0.2) is 0 Å². The second kappa shape index (κ2) is 7.58. The summed E-state index contributed by atoms with van der Waals surface area (Å²) >= 11 is 0. The molecule has 9 heteroatoms. The molecule has 0 radical (unpaired) electrons. The van der Waals surface area contributed by atoms with Crippen LogP contribution in [0.1, 0.15) is 16.8 Å². The van der Waals surface area contributed by atoms with Gasteiger partial charge in [0.2, 0.25) is 5.91 Å². The van der Waals surface area contributed by atoms with E-state index in [1.807, 2.05) is 0 Å². The molecule has 1 aromatic rings. The Morgan fingerprint density at radius 3 is 2.48 bits per heavy atom. The molecule has 0 bridgehead atoms. The van der Waals surface area contributed by atoms with Gasteiger partial charge in [0.15, 0.2) is 0 Å². The fourth-order valence-corrected chi connectivity index (χ4v) is 1.45. The molecule has 0 aliphatic heterocycles. The largest absolute Gasteiger partial charge is 0.481 e. The van der Waals surface area contributed by atoms with Gasteiger partial charge in [0.05, 0.1) is 17.9 Å². The highest BCUT2D eigenvalue weighted by Crippen LogP contribution is 2.16. The number of aliphatic carboxylic acids is 1. The maximum Gasteiger partial charge on any atom is 0.305 e. The van der Waals surface area contributed by atoms with Crippen LogP contribution in [0, 0.1) is 10.1 Å². The van der Waals surface area contributed by atoms with Crippen molar-refractivity contribution in [3.8, 4) is 0 Å². The molecule has 0 atom stereocenters. The number of hydrogen-bond acceptors (Lipinski definition) is 5. The first-order chi connectivity index (χ1) is 9.91. The topological polar surface area (TPSA) is 139 Å². The number of nitro groups is 1. The van der Waals surface area contributed by atoms with E-state index in [2.05, 4.69) is 10.6 Å². The number of amides is 2. The van der Waals surface area contributed by atoms with E-state index in [1.54, 1.807) is 0 Å². The summed E-state index contributed by atoms with van der Waals surface area (Å²) in [6.45, 7) is -0.458. The van der Waals surface area contributed by atoms with Gasteiger partial charge < -0.3 is 15.7 Å². The first-order valence-corrected chi connectivity index (χ1v) is 5.92. The first-order valence-electron chi connectivity index (χ1n) is 5.92. The third kappa shape index (κ3) is 5.27. The van der Waals surface area contributed by atoms with Crippen LogP contribution in [0.4, 0.5) is 5.69 Å². The Kier molecular flexibility index (Phi) is 5.80. The molecule has 1 aromatic carbocycles. The minimum Gasteiger partial charge on any atom is -0.481 e. The zero-order valence-corrected chi connectivity index (χ0v) is 10.9. The maximum absolute atomic E-state index is 11.8. The number of rotatable bonds is 7. The smallest absolute Gasteiger partial charge is 0.305 e. The van der Waals surface area contributed by atoms with E-state index in [0.29, 0.717) is 0 Å². The number of para-hydroxylation sites is 1. The molecule has 2 amide bonds. The van der Waals surface area contributed by atoms with Gasteiger partial charge in [0.25, 0.3) is 11.6 Å². The highest BCUT2D eigenvalue weighted by molar-refractivity contribution is 5.99. The van der Waals surface area contributed by atoms with E-state index in [-0.39, 0.29) is 24.2 Å². The standard InChI is InChI=1S/C12H13N3O6/c16-10(13-6-5-11(17)18)7-14-12(19)8-3-1-2-4-9(8)15(20)21/h1-4H,5-7H2,(H,13,16)(H,14,19)(H,17,18). The monoisotopic (exact) mass is 295 g/mol. The molecular weight excluding hydrogens is 282 g/mol. The SMILES string of the molecule is O=C(O)CCNC(=O)CNC(=O)c1ccccc1[N+](=O)[O-]. The molecular formula is C12H13N3O6. The van der Waals surface area contributed by atoms with Crippen LogP contribution in [-0.2, 0) is 9.59 Å². The summed E-state index contributed by atoms with van der Waals surface area (Å²) in [6.07, 6.45) is -0.232. The molecule has 3 N–H and O–H groups in total. The van der Waals surface area contributed by atoms with Crippen molar-refractivity contribution in [2.75, 3.05) is 13.1 Å². The van der Waals surface area contributed by atoms with Gasteiger partial charge in [-0.15, -0.1) is 0 Å². The van der Waals surface area contributed by atoms with Crippen molar-refractivity contribution in [1.82, 2.24) is 10.6 Å². The van der Waals surface area contributed by atoms with Crippen molar-refractivity contribution in [3.05, 3.63) is 39.9 Å². The molecule has 0 fully saturated rings.